The smallest absolute Gasteiger partial charge is 0.322 e. The van der Waals surface area contributed by atoms with Gasteiger partial charge in [0.05, 0.1) is 5.69 Å². The van der Waals surface area contributed by atoms with Crippen molar-refractivity contribution in [2.45, 2.75) is 6.92 Å². The molecule has 110 valence electrons. The second kappa shape index (κ2) is 4.53. The summed E-state index contributed by atoms with van der Waals surface area (Å²) in [5.74, 6) is 0.609. The van der Waals surface area contributed by atoms with Crippen LogP contribution in [0.4, 0.5) is 0 Å². The fourth-order valence-electron chi connectivity index (χ4n) is 2.24. The number of nitrogens with one attached hydrogen (secondary N) is 2. The Morgan fingerprint density at radius 3 is 3.00 bits per heavy atom. The topological polar surface area (TPSA) is 112 Å². The highest BCUT2D eigenvalue weighted by atomic mass is 32.1. The van der Waals surface area contributed by atoms with Gasteiger partial charge in [0.2, 0.25) is 10.8 Å². The van der Waals surface area contributed by atoms with E-state index in [4.69, 9.17) is 0 Å². The molecule has 0 saturated heterocycles. The molecule has 9 heteroatoms. The molecule has 22 heavy (non-hydrogen) atoms. The van der Waals surface area contributed by atoms with Crippen molar-refractivity contribution in [2.75, 3.05) is 0 Å². The van der Waals surface area contributed by atoms with Gasteiger partial charge in [-0.15, -0.1) is 10.2 Å². The molecule has 0 amide bonds. The van der Waals surface area contributed by atoms with Gasteiger partial charge < -0.3 is 5.11 Å². The van der Waals surface area contributed by atoms with E-state index in [1.807, 2.05) is 19.1 Å². The van der Waals surface area contributed by atoms with Crippen LogP contribution in [0.25, 0.3) is 27.7 Å². The summed E-state index contributed by atoms with van der Waals surface area (Å²) in [5, 5.41) is 27.6. The molecular formula is C13H10N6O2S. The Hall–Kier alpha value is -2.94. The Morgan fingerprint density at radius 1 is 1.27 bits per heavy atom. The highest BCUT2D eigenvalue weighted by Crippen LogP contribution is 2.30. The first-order valence-electron chi connectivity index (χ1n) is 6.42. The molecule has 3 heterocycles. The Bertz CT molecular complexity index is 1040. The highest BCUT2D eigenvalue weighted by Gasteiger charge is 2.15. The third-order valence-electron chi connectivity index (χ3n) is 3.27. The number of fused-ring (bicyclic) bond motifs is 1. The molecule has 0 radical (unpaired) electrons. The summed E-state index contributed by atoms with van der Waals surface area (Å²) in [7, 11) is 0. The van der Waals surface area contributed by atoms with Gasteiger partial charge in [-0.05, 0) is 36.5 Å². The van der Waals surface area contributed by atoms with E-state index in [9.17, 15) is 9.90 Å². The number of benzene rings is 1. The minimum atomic E-state index is -0.206. The Morgan fingerprint density at radius 2 is 2.14 bits per heavy atom. The van der Waals surface area contributed by atoms with Gasteiger partial charge in [-0.2, -0.15) is 5.10 Å². The number of H-pyrrole nitrogens is 2. The number of hydrogen-bond donors (Lipinski definition) is 3. The average Bonchev–Trinajstić information content (AvgIpc) is 3.16. The van der Waals surface area contributed by atoms with Crippen molar-refractivity contribution < 1.29 is 5.11 Å². The third kappa shape index (κ3) is 1.91. The first-order chi connectivity index (χ1) is 10.6. The lowest BCUT2D eigenvalue weighted by molar-refractivity contribution is 0.477. The minimum Gasteiger partial charge on any atom is -0.507 e. The van der Waals surface area contributed by atoms with Crippen LogP contribution in [0, 0.1) is 6.92 Å². The van der Waals surface area contributed by atoms with E-state index in [2.05, 4.69) is 25.5 Å². The van der Waals surface area contributed by atoms with Crippen LogP contribution in [0.5, 0.6) is 5.75 Å². The standard InChI is InChI=1S/C13H10N6O2S/c1-6-2-3-10(20)7(4-6)8-5-9(15-14-8)11-16-17-12-19(11)18-13(21)22-12/h2-5,20H,1H3,(H,14,15)(H,18,21). The maximum absolute atomic E-state index is 11.4. The summed E-state index contributed by atoms with van der Waals surface area (Å²) in [6.07, 6.45) is 0. The molecule has 1 aromatic carbocycles. The molecule has 4 rings (SSSR count). The number of nitrogens with zero attached hydrogens (tertiary/aromatic N) is 4. The van der Waals surface area contributed by atoms with E-state index >= 15 is 0 Å². The molecule has 0 atom stereocenters. The van der Waals surface area contributed by atoms with Gasteiger partial charge in [-0.1, -0.05) is 11.6 Å². The van der Waals surface area contributed by atoms with Crippen molar-refractivity contribution in [1.29, 1.82) is 0 Å². The molecule has 0 aliphatic heterocycles. The molecule has 0 fully saturated rings. The van der Waals surface area contributed by atoms with Crippen molar-refractivity contribution in [1.82, 2.24) is 30.0 Å². The molecule has 4 aromatic rings. The van der Waals surface area contributed by atoms with Crippen molar-refractivity contribution >= 4 is 16.3 Å². The summed E-state index contributed by atoms with van der Waals surface area (Å²) in [4.78, 5) is 11.6. The lowest BCUT2D eigenvalue weighted by Crippen LogP contribution is -1.99. The van der Waals surface area contributed by atoms with Gasteiger partial charge in [0, 0.05) is 5.56 Å². The number of aryl methyl sites for hydroxylation is 1. The second-order valence-corrected chi connectivity index (χ2v) is 5.77. The van der Waals surface area contributed by atoms with Crippen LogP contribution in [0.15, 0.2) is 29.1 Å². The predicted molar refractivity (Wildman–Crippen MR) is 80.9 cm³/mol. The number of aromatic hydroxyl groups is 1. The van der Waals surface area contributed by atoms with Crippen LogP contribution < -0.4 is 4.87 Å². The van der Waals surface area contributed by atoms with Crippen LogP contribution >= 0.6 is 11.3 Å². The molecular weight excluding hydrogens is 304 g/mol. The van der Waals surface area contributed by atoms with Gasteiger partial charge in [-0.25, -0.2) is 9.61 Å². The lowest BCUT2D eigenvalue weighted by Gasteiger charge is -2.01. The molecule has 0 unspecified atom stereocenters. The van der Waals surface area contributed by atoms with Gasteiger partial charge in [0.25, 0.3) is 0 Å². The Kier molecular flexibility index (Phi) is 2.63. The minimum absolute atomic E-state index is 0.152. The summed E-state index contributed by atoms with van der Waals surface area (Å²) in [5.41, 5.74) is 2.83. The maximum Gasteiger partial charge on any atom is 0.322 e. The highest BCUT2D eigenvalue weighted by molar-refractivity contribution is 7.14. The molecule has 0 aliphatic rings. The number of hydrogen-bond acceptors (Lipinski definition) is 6. The number of rotatable bonds is 2. The quantitative estimate of drug-likeness (QED) is 0.519. The number of aromatic amines is 2. The predicted octanol–water partition coefficient (Wildman–Crippen LogP) is 1.55. The summed E-state index contributed by atoms with van der Waals surface area (Å²) in [6, 6.07) is 7.05. The zero-order chi connectivity index (χ0) is 15.3. The largest absolute Gasteiger partial charge is 0.507 e. The van der Waals surface area contributed by atoms with Crippen molar-refractivity contribution in [2.24, 2.45) is 0 Å². The van der Waals surface area contributed by atoms with Gasteiger partial charge in [-0.3, -0.25) is 9.89 Å². The SMILES string of the molecule is Cc1ccc(O)c(-c2cc(-c3nnc4sc(=O)[nH]n34)[nH]n2)c1. The molecule has 0 aliphatic carbocycles. The van der Waals surface area contributed by atoms with Crippen LogP contribution in [-0.4, -0.2) is 35.1 Å². The van der Waals surface area contributed by atoms with E-state index in [-0.39, 0.29) is 10.6 Å². The fourth-order valence-corrected chi connectivity index (χ4v) is 2.85. The maximum atomic E-state index is 11.4. The summed E-state index contributed by atoms with van der Waals surface area (Å²) < 4.78 is 1.50. The van der Waals surface area contributed by atoms with Crippen molar-refractivity contribution in [3.8, 4) is 28.5 Å². The third-order valence-corrected chi connectivity index (χ3v) is 3.99. The normalized spacial score (nSPS) is 11.3. The average molecular weight is 314 g/mol. The summed E-state index contributed by atoms with van der Waals surface area (Å²) >= 11 is 0.979. The Balaban J connectivity index is 1.84. The van der Waals surface area contributed by atoms with Gasteiger partial charge in [0.1, 0.15) is 11.4 Å². The van der Waals surface area contributed by atoms with E-state index in [0.717, 1.165) is 16.9 Å². The zero-order valence-electron chi connectivity index (χ0n) is 11.4. The molecule has 8 nitrogen and oxygen atoms in total. The molecule has 0 bridgehead atoms. The molecule has 3 N–H and O–H groups in total. The first-order valence-corrected chi connectivity index (χ1v) is 7.23. The van der Waals surface area contributed by atoms with Crippen LogP contribution in [-0.2, 0) is 0 Å². The van der Waals surface area contributed by atoms with E-state index < -0.39 is 0 Å². The van der Waals surface area contributed by atoms with Crippen LogP contribution in [0.2, 0.25) is 0 Å². The first kappa shape index (κ1) is 12.8. The van der Waals surface area contributed by atoms with Crippen molar-refractivity contribution in [3.05, 3.63) is 39.5 Å². The van der Waals surface area contributed by atoms with Gasteiger partial charge >= 0.3 is 4.87 Å². The molecule has 0 spiro atoms. The van der Waals surface area contributed by atoms with Crippen molar-refractivity contribution in [3.63, 3.8) is 0 Å². The monoisotopic (exact) mass is 314 g/mol. The van der Waals surface area contributed by atoms with E-state index in [0.29, 0.717) is 27.7 Å². The number of aromatic nitrogens is 6. The van der Waals surface area contributed by atoms with Crippen LogP contribution in [0.1, 0.15) is 5.56 Å². The fraction of sp³-hybridized carbons (Fsp3) is 0.0769. The van der Waals surface area contributed by atoms with Gasteiger partial charge in [0.15, 0.2) is 0 Å². The molecule has 3 aromatic heterocycles. The number of phenolic OH excluding ortho intramolecular Hbond substituents is 1. The second-order valence-electron chi connectivity index (χ2n) is 4.83. The zero-order valence-corrected chi connectivity index (χ0v) is 12.2. The lowest BCUT2D eigenvalue weighted by atomic mass is 10.1. The Labute approximate surface area is 127 Å². The summed E-state index contributed by atoms with van der Waals surface area (Å²) in [6.45, 7) is 1.94. The number of phenols is 1. The van der Waals surface area contributed by atoms with Crippen LogP contribution in [0.3, 0.4) is 0 Å². The molecule has 0 saturated carbocycles. The van der Waals surface area contributed by atoms with E-state index in [1.54, 1.807) is 12.1 Å². The van der Waals surface area contributed by atoms with E-state index in [1.165, 1.54) is 4.52 Å².